The van der Waals surface area contributed by atoms with Gasteiger partial charge in [-0.2, -0.15) is 0 Å². The van der Waals surface area contributed by atoms with Gasteiger partial charge in [0.15, 0.2) is 0 Å². The number of hydrogen-bond donors (Lipinski definition) is 2. The molecule has 1 aromatic rings. The molecular weight excluding hydrogens is 236 g/mol. The minimum Gasteiger partial charge on any atom is -0.385 e. The summed E-state index contributed by atoms with van der Waals surface area (Å²) in [5, 5.41) is 5.99. The molecule has 0 unspecified atom stereocenters. The summed E-state index contributed by atoms with van der Waals surface area (Å²) in [6.07, 6.45) is 2.14. The molecule has 0 aromatic heterocycles. The number of rotatable bonds is 6. The molecule has 0 saturated heterocycles. The zero-order valence-corrected chi connectivity index (χ0v) is 12.1. The van der Waals surface area contributed by atoms with Gasteiger partial charge in [0, 0.05) is 25.2 Å². The minimum atomic E-state index is 0.0405. The van der Waals surface area contributed by atoms with Crippen molar-refractivity contribution in [1.29, 1.82) is 0 Å². The molecule has 1 rings (SSSR count). The number of carbonyl (C=O) groups excluding carboxylic acids is 1. The summed E-state index contributed by atoms with van der Waals surface area (Å²) in [5.74, 6) is 0.0405. The van der Waals surface area contributed by atoms with Gasteiger partial charge in [-0.3, -0.25) is 4.79 Å². The summed E-state index contributed by atoms with van der Waals surface area (Å²) in [4.78, 5) is 11.4. The van der Waals surface area contributed by atoms with Crippen LogP contribution in [0.3, 0.4) is 0 Å². The van der Waals surface area contributed by atoms with Crippen molar-refractivity contribution in [2.45, 2.75) is 32.6 Å². The average Bonchev–Trinajstić information content (AvgIpc) is 2.36. The molecule has 0 bridgehead atoms. The zero-order chi connectivity index (χ0) is 14.3. The van der Waals surface area contributed by atoms with Crippen molar-refractivity contribution in [2.75, 3.05) is 18.4 Å². The lowest BCUT2D eigenvalue weighted by Gasteiger charge is -2.19. The highest BCUT2D eigenvalue weighted by Crippen LogP contribution is 2.23. The van der Waals surface area contributed by atoms with Crippen LogP contribution in [0.1, 0.15) is 32.8 Å². The largest absolute Gasteiger partial charge is 0.385 e. The fourth-order valence-electron chi connectivity index (χ4n) is 1.68. The molecule has 3 heteroatoms. The van der Waals surface area contributed by atoms with Gasteiger partial charge in [-0.15, -0.1) is 6.58 Å². The van der Waals surface area contributed by atoms with Gasteiger partial charge in [-0.1, -0.05) is 39.0 Å². The normalized spacial score (nSPS) is 10.9. The van der Waals surface area contributed by atoms with Gasteiger partial charge >= 0.3 is 0 Å². The Balaban J connectivity index is 2.38. The summed E-state index contributed by atoms with van der Waals surface area (Å²) in [7, 11) is 0. The Kier molecular flexibility index (Phi) is 5.61. The molecule has 3 nitrogen and oxygen atoms in total. The maximum Gasteiger partial charge on any atom is 0.222 e. The number of amides is 1. The molecule has 1 amide bonds. The van der Waals surface area contributed by atoms with Crippen LogP contribution >= 0.6 is 0 Å². The first-order valence-electron chi connectivity index (χ1n) is 6.65. The Morgan fingerprint density at radius 2 is 1.89 bits per heavy atom. The van der Waals surface area contributed by atoms with E-state index < -0.39 is 0 Å². The van der Waals surface area contributed by atoms with E-state index in [2.05, 4.69) is 62.2 Å². The molecule has 104 valence electrons. The second-order valence-corrected chi connectivity index (χ2v) is 5.60. The van der Waals surface area contributed by atoms with E-state index in [-0.39, 0.29) is 11.3 Å². The van der Waals surface area contributed by atoms with E-state index in [1.165, 1.54) is 5.56 Å². The van der Waals surface area contributed by atoms with Crippen molar-refractivity contribution >= 4 is 11.6 Å². The lowest BCUT2D eigenvalue weighted by molar-refractivity contribution is -0.120. The standard InChI is InChI=1S/C16H24N2O/c1-5-11-18-15(19)10-12-17-14-8-6-13(7-9-14)16(2,3)4/h5-9,17H,1,10-12H2,2-4H3,(H,18,19). The summed E-state index contributed by atoms with van der Waals surface area (Å²) in [5.41, 5.74) is 2.52. The topological polar surface area (TPSA) is 41.1 Å². The van der Waals surface area contributed by atoms with Gasteiger partial charge < -0.3 is 10.6 Å². The predicted octanol–water partition coefficient (Wildman–Crippen LogP) is 3.09. The Hall–Kier alpha value is -1.77. The molecule has 0 radical (unpaired) electrons. The highest BCUT2D eigenvalue weighted by Gasteiger charge is 2.12. The minimum absolute atomic E-state index is 0.0405. The van der Waals surface area contributed by atoms with Gasteiger partial charge in [-0.05, 0) is 23.1 Å². The van der Waals surface area contributed by atoms with Crippen molar-refractivity contribution in [1.82, 2.24) is 5.32 Å². The number of benzene rings is 1. The Morgan fingerprint density at radius 1 is 1.26 bits per heavy atom. The third-order valence-electron chi connectivity index (χ3n) is 2.88. The van der Waals surface area contributed by atoms with Crippen molar-refractivity contribution in [3.8, 4) is 0 Å². The Labute approximate surface area is 116 Å². The third-order valence-corrected chi connectivity index (χ3v) is 2.88. The first-order chi connectivity index (χ1) is 8.93. The van der Waals surface area contributed by atoms with Gasteiger partial charge in [0.25, 0.3) is 0 Å². The van der Waals surface area contributed by atoms with E-state index >= 15 is 0 Å². The number of carbonyl (C=O) groups is 1. The molecule has 0 atom stereocenters. The van der Waals surface area contributed by atoms with Gasteiger partial charge in [-0.25, -0.2) is 0 Å². The molecule has 1 aromatic carbocycles. The molecule has 2 N–H and O–H groups in total. The Morgan fingerprint density at radius 3 is 2.42 bits per heavy atom. The molecule has 0 fully saturated rings. The maximum atomic E-state index is 11.4. The second-order valence-electron chi connectivity index (χ2n) is 5.60. The van der Waals surface area contributed by atoms with Crippen molar-refractivity contribution in [3.63, 3.8) is 0 Å². The first-order valence-corrected chi connectivity index (χ1v) is 6.65. The fourth-order valence-corrected chi connectivity index (χ4v) is 1.68. The molecule has 0 heterocycles. The van der Waals surface area contributed by atoms with E-state index in [1.54, 1.807) is 6.08 Å². The lowest BCUT2D eigenvalue weighted by atomic mass is 9.87. The van der Waals surface area contributed by atoms with E-state index in [0.717, 1.165) is 5.69 Å². The van der Waals surface area contributed by atoms with E-state index in [0.29, 0.717) is 19.5 Å². The van der Waals surface area contributed by atoms with Crippen LogP contribution in [0, 0.1) is 0 Å². The van der Waals surface area contributed by atoms with Gasteiger partial charge in [0.1, 0.15) is 0 Å². The Bertz CT molecular complexity index is 415. The molecule has 0 spiro atoms. The second kappa shape index (κ2) is 6.98. The quantitative estimate of drug-likeness (QED) is 0.772. The van der Waals surface area contributed by atoms with Crippen LogP contribution < -0.4 is 10.6 Å². The average molecular weight is 260 g/mol. The van der Waals surface area contributed by atoms with Crippen LogP contribution in [-0.2, 0) is 10.2 Å². The van der Waals surface area contributed by atoms with Crippen LogP contribution in [0.2, 0.25) is 0 Å². The third kappa shape index (κ3) is 5.60. The van der Waals surface area contributed by atoms with E-state index in [4.69, 9.17) is 0 Å². The SMILES string of the molecule is C=CCNC(=O)CCNc1ccc(C(C)(C)C)cc1. The first kappa shape index (κ1) is 15.3. The van der Waals surface area contributed by atoms with Gasteiger partial charge in [0.2, 0.25) is 5.91 Å². The van der Waals surface area contributed by atoms with E-state index in [1.807, 2.05) is 0 Å². The number of hydrogen-bond acceptors (Lipinski definition) is 2. The number of anilines is 1. The van der Waals surface area contributed by atoms with Crippen LogP contribution in [-0.4, -0.2) is 19.0 Å². The van der Waals surface area contributed by atoms with Crippen LogP contribution in [0.25, 0.3) is 0 Å². The number of nitrogens with one attached hydrogen (secondary N) is 2. The highest BCUT2D eigenvalue weighted by atomic mass is 16.1. The zero-order valence-electron chi connectivity index (χ0n) is 12.1. The summed E-state index contributed by atoms with van der Waals surface area (Å²) in [6, 6.07) is 8.37. The molecule has 0 saturated carbocycles. The van der Waals surface area contributed by atoms with Crippen molar-refractivity contribution in [3.05, 3.63) is 42.5 Å². The summed E-state index contributed by atoms with van der Waals surface area (Å²) < 4.78 is 0. The molecule has 0 aliphatic heterocycles. The smallest absolute Gasteiger partial charge is 0.222 e. The fraction of sp³-hybridized carbons (Fsp3) is 0.438. The maximum absolute atomic E-state index is 11.4. The predicted molar refractivity (Wildman–Crippen MR) is 81.5 cm³/mol. The molecule has 0 aliphatic carbocycles. The monoisotopic (exact) mass is 260 g/mol. The summed E-state index contributed by atoms with van der Waals surface area (Å²) >= 11 is 0. The van der Waals surface area contributed by atoms with Crippen LogP contribution in [0.5, 0.6) is 0 Å². The molecule has 19 heavy (non-hydrogen) atoms. The van der Waals surface area contributed by atoms with E-state index in [9.17, 15) is 4.79 Å². The molecule has 0 aliphatic rings. The van der Waals surface area contributed by atoms with Gasteiger partial charge in [0.05, 0.1) is 0 Å². The lowest BCUT2D eigenvalue weighted by Crippen LogP contribution is -2.25. The summed E-state index contributed by atoms with van der Waals surface area (Å²) in [6.45, 7) is 11.3. The van der Waals surface area contributed by atoms with Crippen molar-refractivity contribution in [2.24, 2.45) is 0 Å². The molecular formula is C16H24N2O. The van der Waals surface area contributed by atoms with Crippen LogP contribution in [0.15, 0.2) is 36.9 Å². The highest BCUT2D eigenvalue weighted by molar-refractivity contribution is 5.76. The van der Waals surface area contributed by atoms with Crippen molar-refractivity contribution < 1.29 is 4.79 Å². The van der Waals surface area contributed by atoms with Crippen LogP contribution in [0.4, 0.5) is 5.69 Å².